The predicted molar refractivity (Wildman–Crippen MR) is 126 cm³/mol. The van der Waals surface area contributed by atoms with Gasteiger partial charge < -0.3 is 30.4 Å². The maximum Gasteiger partial charge on any atom is 0.142 e. The van der Waals surface area contributed by atoms with E-state index in [1.165, 1.54) is 0 Å². The molecule has 2 atom stereocenters. The van der Waals surface area contributed by atoms with Crippen molar-refractivity contribution in [3.63, 3.8) is 0 Å². The summed E-state index contributed by atoms with van der Waals surface area (Å²) in [5.74, 6) is 1.40. The van der Waals surface area contributed by atoms with E-state index >= 15 is 0 Å². The Morgan fingerprint density at radius 2 is 1.09 bits per heavy atom. The van der Waals surface area contributed by atoms with E-state index in [2.05, 4.69) is 36.4 Å². The van der Waals surface area contributed by atoms with Crippen LogP contribution in [0.2, 0.25) is 0 Å². The molecule has 0 aliphatic carbocycles. The van der Waals surface area contributed by atoms with Gasteiger partial charge in [0.05, 0.1) is 24.6 Å². The Kier molecular flexibility index (Phi) is 4.56. The molecule has 2 saturated heterocycles. The first-order valence-corrected chi connectivity index (χ1v) is 10.8. The molecule has 6 rings (SSSR count). The van der Waals surface area contributed by atoms with Crippen LogP contribution >= 0.6 is 0 Å². The molecule has 162 valence electrons. The van der Waals surface area contributed by atoms with E-state index in [0.717, 1.165) is 45.9 Å². The summed E-state index contributed by atoms with van der Waals surface area (Å²) in [6, 6.07) is 20.5. The molecule has 6 nitrogen and oxygen atoms in total. The summed E-state index contributed by atoms with van der Waals surface area (Å²) < 4.78 is 22.0. The lowest BCUT2D eigenvalue weighted by Crippen LogP contribution is -2.06. The van der Waals surface area contributed by atoms with Crippen molar-refractivity contribution in [3.8, 4) is 22.6 Å². The predicted octanol–water partition coefficient (Wildman–Crippen LogP) is 4.38. The van der Waals surface area contributed by atoms with Crippen LogP contribution in [-0.4, -0.2) is 38.6 Å². The Bertz CT molecular complexity index is 1230. The fourth-order valence-electron chi connectivity index (χ4n) is 3.97. The first kappa shape index (κ1) is 19.2. The number of nitrogen functional groups attached to an aromatic ring is 2. The standard InChI is InChI=1S/C26H24N2O4/c27-25-21-5-1-15(9-17(21)3-7-23(25)31-13-19-11-29-19)16-2-6-22-18(10-16)4-8-24(26(22)28)32-14-20-12-30-20/h1-10,19-20H,11-14,27-28H2. The van der Waals surface area contributed by atoms with Gasteiger partial charge in [-0.05, 0) is 46.2 Å². The second-order valence-corrected chi connectivity index (χ2v) is 8.36. The number of hydrogen-bond donors (Lipinski definition) is 2. The monoisotopic (exact) mass is 428 g/mol. The normalized spacial score (nSPS) is 19.2. The van der Waals surface area contributed by atoms with Crippen LogP contribution in [0, 0.1) is 0 Å². The van der Waals surface area contributed by atoms with Crippen LogP contribution in [0.15, 0.2) is 60.7 Å². The van der Waals surface area contributed by atoms with Gasteiger partial charge >= 0.3 is 0 Å². The van der Waals surface area contributed by atoms with Gasteiger partial charge in [0.2, 0.25) is 0 Å². The lowest BCUT2D eigenvalue weighted by Gasteiger charge is -2.13. The molecule has 2 aliphatic rings. The largest absolute Gasteiger partial charge is 0.489 e. The molecule has 32 heavy (non-hydrogen) atoms. The maximum absolute atomic E-state index is 6.37. The Morgan fingerprint density at radius 1 is 0.656 bits per heavy atom. The fourth-order valence-corrected chi connectivity index (χ4v) is 3.97. The van der Waals surface area contributed by atoms with Crippen molar-refractivity contribution in [2.24, 2.45) is 0 Å². The fraction of sp³-hybridized carbons (Fsp3) is 0.231. The lowest BCUT2D eigenvalue weighted by atomic mass is 9.97. The van der Waals surface area contributed by atoms with Gasteiger partial charge in [-0.25, -0.2) is 0 Å². The lowest BCUT2D eigenvalue weighted by molar-refractivity contribution is 0.264. The molecule has 0 saturated carbocycles. The summed E-state index contributed by atoms with van der Waals surface area (Å²) >= 11 is 0. The van der Waals surface area contributed by atoms with E-state index in [9.17, 15) is 0 Å². The molecule has 6 heteroatoms. The molecule has 2 unspecified atom stereocenters. The van der Waals surface area contributed by atoms with E-state index in [0.29, 0.717) is 36.1 Å². The Morgan fingerprint density at radius 3 is 1.50 bits per heavy atom. The van der Waals surface area contributed by atoms with Gasteiger partial charge in [-0.15, -0.1) is 0 Å². The molecule has 4 aromatic carbocycles. The molecule has 4 aromatic rings. The van der Waals surface area contributed by atoms with Gasteiger partial charge in [-0.3, -0.25) is 0 Å². The molecule has 0 spiro atoms. The average Bonchev–Trinajstić information content (AvgIpc) is 3.73. The third kappa shape index (κ3) is 3.68. The number of anilines is 2. The summed E-state index contributed by atoms with van der Waals surface area (Å²) in [4.78, 5) is 0. The van der Waals surface area contributed by atoms with E-state index in [1.807, 2.05) is 24.3 Å². The highest BCUT2D eigenvalue weighted by Gasteiger charge is 2.24. The topological polar surface area (TPSA) is 95.6 Å². The van der Waals surface area contributed by atoms with Crippen molar-refractivity contribution in [3.05, 3.63) is 60.7 Å². The summed E-state index contributed by atoms with van der Waals surface area (Å²) in [6.45, 7) is 2.60. The zero-order valence-electron chi connectivity index (χ0n) is 17.5. The minimum absolute atomic E-state index is 0.198. The van der Waals surface area contributed by atoms with Crippen molar-refractivity contribution >= 4 is 32.9 Å². The Hall–Kier alpha value is -3.48. The first-order chi connectivity index (χ1) is 15.7. The number of hydrogen-bond acceptors (Lipinski definition) is 6. The minimum atomic E-state index is 0.198. The van der Waals surface area contributed by atoms with E-state index in [4.69, 9.17) is 30.4 Å². The van der Waals surface area contributed by atoms with E-state index in [1.54, 1.807) is 0 Å². The molecule has 4 N–H and O–H groups in total. The van der Waals surface area contributed by atoms with Gasteiger partial charge in [0.1, 0.15) is 36.9 Å². The molecular formula is C26H24N2O4. The second kappa shape index (κ2) is 7.58. The zero-order valence-corrected chi connectivity index (χ0v) is 17.5. The summed E-state index contributed by atoms with van der Waals surface area (Å²) in [7, 11) is 0. The van der Waals surface area contributed by atoms with Gasteiger partial charge in [-0.1, -0.05) is 36.4 Å². The van der Waals surface area contributed by atoms with Crippen molar-refractivity contribution in [2.45, 2.75) is 12.2 Å². The highest BCUT2D eigenvalue weighted by Crippen LogP contribution is 2.36. The number of epoxide rings is 2. The third-order valence-corrected chi connectivity index (χ3v) is 6.03. The number of benzene rings is 4. The Balaban J connectivity index is 1.30. The molecule has 0 bridgehead atoms. The SMILES string of the molecule is Nc1c(OCC2CO2)ccc2cc(-c3ccc4c(N)c(OCC5CO5)ccc4c3)ccc12. The van der Waals surface area contributed by atoms with Crippen molar-refractivity contribution in [1.82, 2.24) is 0 Å². The molecule has 0 radical (unpaired) electrons. The molecular weight excluding hydrogens is 404 g/mol. The smallest absolute Gasteiger partial charge is 0.142 e. The van der Waals surface area contributed by atoms with Gasteiger partial charge in [-0.2, -0.15) is 0 Å². The van der Waals surface area contributed by atoms with Crippen LogP contribution in [0.5, 0.6) is 11.5 Å². The van der Waals surface area contributed by atoms with Crippen molar-refractivity contribution < 1.29 is 18.9 Å². The van der Waals surface area contributed by atoms with Crippen molar-refractivity contribution in [2.75, 3.05) is 37.9 Å². The van der Waals surface area contributed by atoms with Gasteiger partial charge in [0, 0.05) is 10.8 Å². The van der Waals surface area contributed by atoms with Crippen LogP contribution in [0.3, 0.4) is 0 Å². The maximum atomic E-state index is 6.37. The van der Waals surface area contributed by atoms with E-state index in [-0.39, 0.29) is 12.2 Å². The van der Waals surface area contributed by atoms with E-state index < -0.39 is 0 Å². The highest BCUT2D eigenvalue weighted by atomic mass is 16.6. The summed E-state index contributed by atoms with van der Waals surface area (Å²) in [6.07, 6.45) is 0.397. The number of rotatable bonds is 7. The second-order valence-electron chi connectivity index (χ2n) is 8.36. The quantitative estimate of drug-likeness (QED) is 0.335. The van der Waals surface area contributed by atoms with Crippen molar-refractivity contribution in [1.29, 1.82) is 0 Å². The zero-order chi connectivity index (χ0) is 21.7. The van der Waals surface area contributed by atoms with Crippen LogP contribution < -0.4 is 20.9 Å². The van der Waals surface area contributed by atoms with Crippen LogP contribution in [-0.2, 0) is 9.47 Å². The first-order valence-electron chi connectivity index (χ1n) is 10.8. The summed E-state index contributed by atoms with van der Waals surface area (Å²) in [5.41, 5.74) is 16.3. The van der Waals surface area contributed by atoms with Crippen LogP contribution in [0.4, 0.5) is 11.4 Å². The molecule has 0 amide bonds. The minimum Gasteiger partial charge on any atom is -0.489 e. The van der Waals surface area contributed by atoms with Crippen LogP contribution in [0.25, 0.3) is 32.7 Å². The number of ether oxygens (including phenoxy) is 4. The highest BCUT2D eigenvalue weighted by molar-refractivity contribution is 6.00. The molecule has 2 aliphatic heterocycles. The average molecular weight is 428 g/mol. The molecule has 2 fully saturated rings. The Labute approximate surface area is 185 Å². The molecule has 2 heterocycles. The third-order valence-electron chi connectivity index (χ3n) is 6.03. The number of fused-ring (bicyclic) bond motifs is 2. The molecule has 0 aromatic heterocycles. The number of nitrogens with two attached hydrogens (primary N) is 2. The van der Waals surface area contributed by atoms with Gasteiger partial charge in [0.25, 0.3) is 0 Å². The van der Waals surface area contributed by atoms with Crippen LogP contribution in [0.1, 0.15) is 0 Å². The van der Waals surface area contributed by atoms with Gasteiger partial charge in [0.15, 0.2) is 0 Å². The summed E-state index contributed by atoms with van der Waals surface area (Å²) in [5, 5.41) is 4.10.